The molecule has 0 unspecified atom stereocenters. The third kappa shape index (κ3) is 6.59. The molecule has 0 bridgehead atoms. The maximum absolute atomic E-state index is 9.39. The van der Waals surface area contributed by atoms with Crippen LogP contribution in [0.5, 0.6) is 0 Å². The van der Waals surface area contributed by atoms with E-state index >= 15 is 0 Å². The average Bonchev–Trinajstić information content (AvgIpc) is 3.26. The zero-order valence-electron chi connectivity index (χ0n) is 28.9. The fraction of sp³-hybridized carbons (Fsp3) is 0. The third-order valence-corrected chi connectivity index (χ3v) is 9.19. The van der Waals surface area contributed by atoms with E-state index in [1.165, 1.54) is 0 Å². The van der Waals surface area contributed by atoms with E-state index in [1.807, 2.05) is 115 Å². The molecule has 2 heterocycles. The quantitative estimate of drug-likeness (QED) is 0.164. The molecular weight excluding hydrogens is 663 g/mol. The van der Waals surface area contributed by atoms with E-state index in [4.69, 9.17) is 29.9 Å². The molecule has 0 spiro atoms. The predicted octanol–water partition coefficient (Wildman–Crippen LogP) is 10.8. The molecule has 9 aromatic rings. The first-order valence-electron chi connectivity index (χ1n) is 17.5. The largest absolute Gasteiger partial charge is 0.208 e. The van der Waals surface area contributed by atoms with Gasteiger partial charge in [0.25, 0.3) is 0 Å². The second-order valence-corrected chi connectivity index (χ2v) is 12.8. The van der Waals surface area contributed by atoms with Crippen molar-refractivity contribution in [3.8, 4) is 85.5 Å². The van der Waals surface area contributed by atoms with E-state index in [-0.39, 0.29) is 0 Å². The summed E-state index contributed by atoms with van der Waals surface area (Å²) in [4.78, 5) is 29.6. The van der Waals surface area contributed by atoms with Crippen molar-refractivity contribution in [3.05, 3.63) is 181 Å². The summed E-state index contributed by atoms with van der Waals surface area (Å²) in [6, 6.07) is 60.3. The molecule has 0 atom stereocenters. The molecule has 0 aliphatic rings. The molecule has 54 heavy (non-hydrogen) atoms. The van der Waals surface area contributed by atoms with Gasteiger partial charge in [-0.2, -0.15) is 5.26 Å². The van der Waals surface area contributed by atoms with Gasteiger partial charge < -0.3 is 0 Å². The first kappa shape index (κ1) is 32.2. The molecule has 0 radical (unpaired) electrons. The Hall–Kier alpha value is -7.69. The molecule has 252 valence electrons. The minimum Gasteiger partial charge on any atom is -0.208 e. The number of hydrogen-bond acceptors (Lipinski definition) is 7. The van der Waals surface area contributed by atoms with E-state index in [1.54, 1.807) is 12.1 Å². The number of nitrogens with zero attached hydrogens (tertiary/aromatic N) is 7. The maximum Gasteiger partial charge on any atom is 0.164 e. The van der Waals surface area contributed by atoms with Gasteiger partial charge in [0.15, 0.2) is 34.9 Å². The number of hydrogen-bond donors (Lipinski definition) is 0. The summed E-state index contributed by atoms with van der Waals surface area (Å²) >= 11 is 0. The minimum atomic E-state index is 0.526. The van der Waals surface area contributed by atoms with E-state index in [0.717, 1.165) is 55.3 Å². The lowest BCUT2D eigenvalue weighted by molar-refractivity contribution is 1.07. The van der Waals surface area contributed by atoms with Gasteiger partial charge in [0.2, 0.25) is 0 Å². The molecule has 7 aromatic carbocycles. The molecule has 0 aliphatic carbocycles. The van der Waals surface area contributed by atoms with Crippen LogP contribution in [0.25, 0.3) is 90.2 Å². The zero-order valence-corrected chi connectivity index (χ0v) is 28.9. The highest BCUT2D eigenvalue weighted by molar-refractivity contribution is 5.87. The fourth-order valence-electron chi connectivity index (χ4n) is 6.40. The molecule has 0 aliphatic heterocycles. The van der Waals surface area contributed by atoms with Crippen molar-refractivity contribution in [2.24, 2.45) is 0 Å². The summed E-state index contributed by atoms with van der Waals surface area (Å²) in [5.74, 6) is 3.45. The van der Waals surface area contributed by atoms with Gasteiger partial charge in [-0.05, 0) is 64.4 Å². The van der Waals surface area contributed by atoms with Gasteiger partial charge >= 0.3 is 0 Å². The number of rotatable bonds is 7. The summed E-state index contributed by atoms with van der Waals surface area (Å²) in [5.41, 5.74) is 7.79. The van der Waals surface area contributed by atoms with Crippen LogP contribution in [0.2, 0.25) is 0 Å². The number of fused-ring (bicyclic) bond motifs is 1. The van der Waals surface area contributed by atoms with E-state index in [0.29, 0.717) is 40.5 Å². The van der Waals surface area contributed by atoms with Crippen LogP contribution in [0.1, 0.15) is 5.56 Å². The summed E-state index contributed by atoms with van der Waals surface area (Å²) in [6.45, 7) is 0. The van der Waals surface area contributed by atoms with Crippen LogP contribution in [0.3, 0.4) is 0 Å². The number of aromatic nitrogens is 6. The first-order valence-corrected chi connectivity index (χ1v) is 17.5. The molecule has 2 aromatic heterocycles. The summed E-state index contributed by atoms with van der Waals surface area (Å²) in [6.07, 6.45) is 0. The third-order valence-electron chi connectivity index (χ3n) is 9.19. The Labute approximate surface area is 312 Å². The van der Waals surface area contributed by atoms with Crippen molar-refractivity contribution >= 4 is 10.8 Å². The predicted molar refractivity (Wildman–Crippen MR) is 213 cm³/mol. The molecule has 7 heteroatoms. The summed E-state index contributed by atoms with van der Waals surface area (Å²) < 4.78 is 0. The lowest BCUT2D eigenvalue weighted by atomic mass is 10.0. The van der Waals surface area contributed by atoms with Crippen molar-refractivity contribution in [2.45, 2.75) is 0 Å². The van der Waals surface area contributed by atoms with Gasteiger partial charge in [0, 0.05) is 33.4 Å². The van der Waals surface area contributed by atoms with Crippen molar-refractivity contribution in [3.63, 3.8) is 0 Å². The SMILES string of the molecule is N#Cc1ccc(-c2nc(-c3cccc(-c4cccc(-c5nc(-c6ccccc6)nc(-c6ccccc6)n5)c4)c3)nc(-c3ccc4ccccc4c3)n2)cc1. The Kier molecular flexibility index (Phi) is 8.44. The fourth-order valence-corrected chi connectivity index (χ4v) is 6.40. The van der Waals surface area contributed by atoms with E-state index < -0.39 is 0 Å². The van der Waals surface area contributed by atoms with Crippen LogP contribution in [-0.2, 0) is 0 Å². The van der Waals surface area contributed by atoms with Crippen LogP contribution in [-0.4, -0.2) is 29.9 Å². The van der Waals surface area contributed by atoms with Crippen LogP contribution in [0.4, 0.5) is 0 Å². The van der Waals surface area contributed by atoms with Crippen LogP contribution >= 0.6 is 0 Å². The van der Waals surface area contributed by atoms with Gasteiger partial charge in [0.1, 0.15) is 0 Å². The van der Waals surface area contributed by atoms with Crippen LogP contribution in [0.15, 0.2) is 176 Å². The number of benzene rings is 7. The maximum atomic E-state index is 9.39. The van der Waals surface area contributed by atoms with Crippen molar-refractivity contribution in [1.82, 2.24) is 29.9 Å². The van der Waals surface area contributed by atoms with Gasteiger partial charge in [-0.15, -0.1) is 0 Å². The minimum absolute atomic E-state index is 0.526. The zero-order chi connectivity index (χ0) is 36.3. The van der Waals surface area contributed by atoms with Crippen molar-refractivity contribution < 1.29 is 0 Å². The molecule has 0 fully saturated rings. The Morgan fingerprint density at radius 1 is 0.278 bits per heavy atom. The van der Waals surface area contributed by atoms with Crippen LogP contribution < -0.4 is 0 Å². The standard InChI is InChI=1S/C47H29N7/c48-30-31-21-23-35(24-22-31)44-52-46(54-47(53-44)41-26-25-32-11-7-8-16-36(32)27-41)40-20-10-18-38(29-40)37-17-9-19-39(28-37)45-50-42(33-12-3-1-4-13-33)49-43(51-45)34-14-5-2-6-15-34/h1-29H. The van der Waals surface area contributed by atoms with Gasteiger partial charge in [0.05, 0.1) is 11.6 Å². The van der Waals surface area contributed by atoms with E-state index in [9.17, 15) is 5.26 Å². The van der Waals surface area contributed by atoms with E-state index in [2.05, 4.69) is 54.6 Å². The van der Waals surface area contributed by atoms with Crippen molar-refractivity contribution in [1.29, 1.82) is 5.26 Å². The molecule has 7 nitrogen and oxygen atoms in total. The second kappa shape index (κ2) is 14.1. The molecule has 9 rings (SSSR count). The molecule has 0 N–H and O–H groups in total. The molecule has 0 saturated carbocycles. The first-order chi connectivity index (χ1) is 26.7. The van der Waals surface area contributed by atoms with Gasteiger partial charge in [-0.1, -0.05) is 133 Å². The Bertz CT molecular complexity index is 2770. The summed E-state index contributed by atoms with van der Waals surface area (Å²) in [7, 11) is 0. The molecule has 0 saturated heterocycles. The lowest BCUT2D eigenvalue weighted by Gasteiger charge is -2.11. The smallest absolute Gasteiger partial charge is 0.164 e. The Morgan fingerprint density at radius 3 is 1.11 bits per heavy atom. The normalized spacial score (nSPS) is 10.9. The van der Waals surface area contributed by atoms with Gasteiger partial charge in [-0.25, -0.2) is 29.9 Å². The molecular formula is C47H29N7. The second-order valence-electron chi connectivity index (χ2n) is 12.8. The molecule has 0 amide bonds. The summed E-state index contributed by atoms with van der Waals surface area (Å²) in [5, 5.41) is 11.6. The highest BCUT2D eigenvalue weighted by Crippen LogP contribution is 2.32. The van der Waals surface area contributed by atoms with Crippen molar-refractivity contribution in [2.75, 3.05) is 0 Å². The lowest BCUT2D eigenvalue weighted by Crippen LogP contribution is -2.00. The van der Waals surface area contributed by atoms with Gasteiger partial charge in [-0.3, -0.25) is 0 Å². The van der Waals surface area contributed by atoms with Crippen LogP contribution in [0, 0.1) is 11.3 Å². The Balaban J connectivity index is 1.13. The Morgan fingerprint density at radius 2 is 0.630 bits per heavy atom. The number of nitriles is 1. The average molecular weight is 692 g/mol. The monoisotopic (exact) mass is 691 g/mol. The topological polar surface area (TPSA) is 101 Å². The highest BCUT2D eigenvalue weighted by Gasteiger charge is 2.16. The highest BCUT2D eigenvalue weighted by atomic mass is 15.0.